The van der Waals surface area contributed by atoms with E-state index in [4.69, 9.17) is 16.3 Å². The van der Waals surface area contributed by atoms with Crippen molar-refractivity contribution < 1.29 is 22.7 Å². The Morgan fingerprint density at radius 3 is 2.67 bits per heavy atom. The molecule has 118 valence electrons. The number of hydrogen-bond donors (Lipinski definition) is 1. The van der Waals surface area contributed by atoms with Gasteiger partial charge in [-0.25, -0.2) is 0 Å². The molecule has 0 saturated heterocycles. The van der Waals surface area contributed by atoms with Crippen LogP contribution in [0.5, 0.6) is 5.75 Å². The van der Waals surface area contributed by atoms with Gasteiger partial charge >= 0.3 is 6.18 Å². The molecule has 0 aromatic heterocycles. The minimum absolute atomic E-state index is 0.137. The monoisotopic (exact) mass is 324 g/mol. The van der Waals surface area contributed by atoms with E-state index < -0.39 is 18.6 Å². The zero-order valence-electron chi connectivity index (χ0n) is 11.4. The van der Waals surface area contributed by atoms with Crippen LogP contribution in [0.2, 0.25) is 5.02 Å². The predicted molar refractivity (Wildman–Crippen MR) is 73.5 cm³/mol. The Bertz CT molecular complexity index is 469. The molecule has 4 nitrogen and oxygen atoms in total. The fourth-order valence-corrected chi connectivity index (χ4v) is 1.64. The van der Waals surface area contributed by atoms with Gasteiger partial charge in [-0.15, -0.1) is 0 Å². The number of hydrogen-bond acceptors (Lipinski definition) is 3. The summed E-state index contributed by atoms with van der Waals surface area (Å²) >= 11 is 5.90. The van der Waals surface area contributed by atoms with E-state index in [0.29, 0.717) is 17.3 Å². The van der Waals surface area contributed by atoms with Crippen LogP contribution < -0.4 is 10.1 Å². The predicted octanol–water partition coefficient (Wildman–Crippen LogP) is 2.33. The lowest BCUT2D eigenvalue weighted by Crippen LogP contribution is -2.40. The highest BCUT2D eigenvalue weighted by Crippen LogP contribution is 2.22. The molecule has 0 spiro atoms. The van der Waals surface area contributed by atoms with Gasteiger partial charge in [-0.05, 0) is 19.2 Å². The third-order valence-corrected chi connectivity index (χ3v) is 2.78. The van der Waals surface area contributed by atoms with Crippen molar-refractivity contribution in [3.8, 4) is 5.75 Å². The molecule has 0 fully saturated rings. The zero-order valence-corrected chi connectivity index (χ0v) is 12.2. The van der Waals surface area contributed by atoms with E-state index in [2.05, 4.69) is 0 Å². The summed E-state index contributed by atoms with van der Waals surface area (Å²) in [6, 6.07) is 6.94. The number of nitrogens with zero attached hydrogens (tertiary/aromatic N) is 1. The highest BCUT2D eigenvalue weighted by atomic mass is 35.5. The lowest BCUT2D eigenvalue weighted by molar-refractivity contribution is -0.138. The largest absolute Gasteiger partial charge is 0.491 e. The van der Waals surface area contributed by atoms with Gasteiger partial charge in [-0.3, -0.25) is 9.69 Å². The van der Waals surface area contributed by atoms with E-state index in [-0.39, 0.29) is 13.2 Å². The van der Waals surface area contributed by atoms with Gasteiger partial charge in [0.25, 0.3) is 0 Å². The first-order chi connectivity index (χ1) is 9.78. The maximum absolute atomic E-state index is 11.9. The van der Waals surface area contributed by atoms with Crippen molar-refractivity contribution in [3.05, 3.63) is 29.3 Å². The number of halogens is 4. The summed E-state index contributed by atoms with van der Waals surface area (Å²) in [5.41, 5.74) is 0. The number of ether oxygens (including phenoxy) is 1. The molecule has 1 amide bonds. The number of likely N-dealkylation sites (N-methyl/N-ethyl adjacent to an activating group) is 1. The SMILES string of the molecule is CN(CCOc1ccccc1Cl)CC(=O)NCC(F)(F)F. The molecular formula is C13H16ClF3N2O2. The first-order valence-corrected chi connectivity index (χ1v) is 6.55. The molecule has 1 aromatic rings. The van der Waals surface area contributed by atoms with Crippen molar-refractivity contribution in [1.29, 1.82) is 0 Å². The molecule has 1 rings (SSSR count). The van der Waals surface area contributed by atoms with Gasteiger partial charge in [0.05, 0.1) is 11.6 Å². The molecule has 0 atom stereocenters. The molecular weight excluding hydrogens is 309 g/mol. The highest BCUT2D eigenvalue weighted by molar-refractivity contribution is 6.32. The summed E-state index contributed by atoms with van der Waals surface area (Å²) in [6.45, 7) is -0.810. The molecule has 0 aliphatic rings. The fourth-order valence-electron chi connectivity index (χ4n) is 1.45. The standard InChI is InChI=1S/C13H16ClF3N2O2/c1-19(8-12(20)18-9-13(15,16)17)6-7-21-11-5-3-2-4-10(11)14/h2-5H,6-9H2,1H3,(H,18,20). The average Bonchev–Trinajstić information content (AvgIpc) is 2.38. The Morgan fingerprint density at radius 2 is 2.05 bits per heavy atom. The second-order valence-corrected chi connectivity index (χ2v) is 4.82. The smallest absolute Gasteiger partial charge is 0.405 e. The third kappa shape index (κ3) is 7.77. The van der Waals surface area contributed by atoms with Crippen LogP contribution in [0.15, 0.2) is 24.3 Å². The van der Waals surface area contributed by atoms with Crippen molar-refractivity contribution in [2.24, 2.45) is 0 Å². The van der Waals surface area contributed by atoms with Crippen LogP contribution in [0.4, 0.5) is 13.2 Å². The number of rotatable bonds is 7. The number of amides is 1. The fraction of sp³-hybridized carbons (Fsp3) is 0.462. The van der Waals surface area contributed by atoms with Gasteiger partial charge in [0.15, 0.2) is 0 Å². The van der Waals surface area contributed by atoms with Gasteiger partial charge in [-0.2, -0.15) is 13.2 Å². The first-order valence-electron chi connectivity index (χ1n) is 6.17. The van der Waals surface area contributed by atoms with E-state index in [1.165, 1.54) is 0 Å². The number of benzene rings is 1. The van der Waals surface area contributed by atoms with Gasteiger partial charge in [0, 0.05) is 6.54 Å². The minimum Gasteiger partial charge on any atom is -0.491 e. The summed E-state index contributed by atoms with van der Waals surface area (Å²) in [5.74, 6) is -0.165. The quantitative estimate of drug-likeness (QED) is 0.837. The summed E-state index contributed by atoms with van der Waals surface area (Å²) in [4.78, 5) is 12.8. The van der Waals surface area contributed by atoms with Crippen molar-refractivity contribution in [1.82, 2.24) is 10.2 Å². The average molecular weight is 325 g/mol. The van der Waals surface area contributed by atoms with Crippen LogP contribution in [0, 0.1) is 0 Å². The molecule has 0 heterocycles. The van der Waals surface area contributed by atoms with Gasteiger partial charge in [0.1, 0.15) is 18.9 Å². The van der Waals surface area contributed by atoms with E-state index in [1.807, 2.05) is 0 Å². The zero-order chi connectivity index (χ0) is 15.9. The lowest BCUT2D eigenvalue weighted by atomic mass is 10.3. The Kier molecular flexibility index (Phi) is 6.77. The molecule has 1 aromatic carbocycles. The Balaban J connectivity index is 2.23. The van der Waals surface area contributed by atoms with Crippen molar-refractivity contribution >= 4 is 17.5 Å². The maximum Gasteiger partial charge on any atom is 0.405 e. The van der Waals surface area contributed by atoms with E-state index >= 15 is 0 Å². The molecule has 0 bridgehead atoms. The van der Waals surface area contributed by atoms with Gasteiger partial charge in [-0.1, -0.05) is 23.7 Å². The van der Waals surface area contributed by atoms with E-state index in [9.17, 15) is 18.0 Å². The number of carbonyl (C=O) groups excluding carboxylic acids is 1. The third-order valence-electron chi connectivity index (χ3n) is 2.47. The Hall–Kier alpha value is -1.47. The van der Waals surface area contributed by atoms with Crippen LogP contribution in [0.25, 0.3) is 0 Å². The van der Waals surface area contributed by atoms with Crippen LogP contribution in [-0.2, 0) is 4.79 Å². The minimum atomic E-state index is -4.40. The molecule has 0 aliphatic carbocycles. The molecule has 0 radical (unpaired) electrons. The number of alkyl halides is 3. The molecule has 8 heteroatoms. The summed E-state index contributed by atoms with van der Waals surface area (Å²) in [5, 5.41) is 2.28. The van der Waals surface area contributed by atoms with Crippen LogP contribution in [0.3, 0.4) is 0 Å². The summed E-state index contributed by atoms with van der Waals surface area (Å²) in [7, 11) is 1.61. The topological polar surface area (TPSA) is 41.6 Å². The van der Waals surface area contributed by atoms with Crippen LogP contribution in [-0.4, -0.2) is 50.3 Å². The number of nitrogens with one attached hydrogen (secondary N) is 1. The Labute approximate surface area is 125 Å². The molecule has 0 aliphatic heterocycles. The lowest BCUT2D eigenvalue weighted by Gasteiger charge is -2.17. The number of para-hydroxylation sites is 1. The number of carbonyl (C=O) groups is 1. The second kappa shape index (κ2) is 8.09. The summed E-state index contributed by atoms with van der Waals surface area (Å²) < 4.78 is 41.2. The van der Waals surface area contributed by atoms with Crippen LogP contribution >= 0.6 is 11.6 Å². The normalized spacial score (nSPS) is 11.5. The summed E-state index contributed by atoms with van der Waals surface area (Å²) in [6.07, 6.45) is -4.40. The van der Waals surface area contributed by atoms with E-state index in [1.54, 1.807) is 41.5 Å². The molecule has 21 heavy (non-hydrogen) atoms. The molecule has 1 N–H and O–H groups in total. The Morgan fingerprint density at radius 1 is 1.38 bits per heavy atom. The maximum atomic E-state index is 11.9. The van der Waals surface area contributed by atoms with Gasteiger partial charge < -0.3 is 10.1 Å². The molecule has 0 saturated carbocycles. The van der Waals surface area contributed by atoms with Crippen molar-refractivity contribution in [2.45, 2.75) is 6.18 Å². The van der Waals surface area contributed by atoms with Crippen LogP contribution in [0.1, 0.15) is 0 Å². The van der Waals surface area contributed by atoms with Crippen molar-refractivity contribution in [2.75, 3.05) is 33.3 Å². The first kappa shape index (κ1) is 17.6. The second-order valence-electron chi connectivity index (χ2n) is 4.41. The van der Waals surface area contributed by atoms with Gasteiger partial charge in [0.2, 0.25) is 5.91 Å². The van der Waals surface area contributed by atoms with Crippen molar-refractivity contribution in [3.63, 3.8) is 0 Å². The highest BCUT2D eigenvalue weighted by Gasteiger charge is 2.27. The molecule has 0 unspecified atom stereocenters. The van der Waals surface area contributed by atoms with E-state index in [0.717, 1.165) is 0 Å².